The molecule has 0 N–H and O–H groups in total. The molecule has 140 valence electrons. The van der Waals surface area contributed by atoms with Crippen molar-refractivity contribution in [3.63, 3.8) is 0 Å². The highest BCUT2D eigenvalue weighted by molar-refractivity contribution is 4.59. The highest BCUT2D eigenvalue weighted by Gasteiger charge is 2.04. The Hall–Kier alpha value is -0.0400. The maximum atomic E-state index is 2.75. The molecule has 0 fully saturated rings. The summed E-state index contributed by atoms with van der Waals surface area (Å²) in [6.07, 6.45) is 22.8. The van der Waals surface area contributed by atoms with Crippen LogP contribution in [-0.4, -0.2) is 24.5 Å². The van der Waals surface area contributed by atoms with E-state index in [1.54, 1.807) is 0 Å². The molecule has 0 bridgehead atoms. The summed E-state index contributed by atoms with van der Waals surface area (Å²) in [5.74, 6) is 0. The first-order valence-electron chi connectivity index (χ1n) is 11.1. The summed E-state index contributed by atoms with van der Waals surface area (Å²) < 4.78 is 0. The molecule has 0 atom stereocenters. The molecule has 0 radical (unpaired) electrons. The minimum absolute atomic E-state index is 1.34. The molecule has 1 nitrogen and oxygen atoms in total. The molecule has 0 heterocycles. The van der Waals surface area contributed by atoms with Crippen molar-refractivity contribution in [2.45, 2.75) is 124 Å². The Bertz CT molecular complexity index is 192. The molecule has 0 aromatic rings. The third-order valence-corrected chi connectivity index (χ3v) is 4.98. The van der Waals surface area contributed by atoms with Crippen LogP contribution in [0.1, 0.15) is 124 Å². The van der Waals surface area contributed by atoms with E-state index in [-0.39, 0.29) is 0 Å². The van der Waals surface area contributed by atoms with Crippen LogP contribution in [0, 0.1) is 0 Å². The van der Waals surface area contributed by atoms with Crippen LogP contribution in [0.15, 0.2) is 0 Å². The largest absolute Gasteiger partial charge is 0.303 e. The summed E-state index contributed by atoms with van der Waals surface area (Å²) in [6.45, 7) is 11.0. The van der Waals surface area contributed by atoms with Crippen LogP contribution < -0.4 is 0 Å². The second-order valence-corrected chi connectivity index (χ2v) is 7.44. The van der Waals surface area contributed by atoms with Crippen LogP contribution in [-0.2, 0) is 0 Å². The first-order valence-corrected chi connectivity index (χ1v) is 11.1. The zero-order valence-electron chi connectivity index (χ0n) is 16.9. The van der Waals surface area contributed by atoms with Crippen LogP contribution in [0.25, 0.3) is 0 Å². The Morgan fingerprint density at radius 3 is 1.00 bits per heavy atom. The molecule has 0 unspecified atom stereocenters. The first kappa shape index (κ1) is 23.0. The van der Waals surface area contributed by atoms with E-state index in [0.717, 1.165) is 0 Å². The zero-order chi connectivity index (χ0) is 17.0. The summed E-state index contributed by atoms with van der Waals surface area (Å²) in [6, 6.07) is 0. The van der Waals surface area contributed by atoms with Gasteiger partial charge in [0, 0.05) is 0 Å². The van der Waals surface area contributed by atoms with E-state index >= 15 is 0 Å². The summed E-state index contributed by atoms with van der Waals surface area (Å²) in [7, 11) is 0. The van der Waals surface area contributed by atoms with Gasteiger partial charge in [-0.05, 0) is 38.9 Å². The second-order valence-electron chi connectivity index (χ2n) is 7.44. The Morgan fingerprint density at radius 1 is 0.348 bits per heavy atom. The second kappa shape index (κ2) is 20.0. The summed E-state index contributed by atoms with van der Waals surface area (Å²) >= 11 is 0. The van der Waals surface area contributed by atoms with Gasteiger partial charge in [-0.1, -0.05) is 104 Å². The minimum atomic E-state index is 1.34. The highest BCUT2D eigenvalue weighted by atomic mass is 15.1. The molecule has 1 heteroatoms. The Morgan fingerprint density at radius 2 is 0.609 bits per heavy atom. The van der Waals surface area contributed by atoms with Gasteiger partial charge in [0.25, 0.3) is 0 Å². The van der Waals surface area contributed by atoms with Crippen LogP contribution in [0.4, 0.5) is 0 Å². The summed E-state index contributed by atoms with van der Waals surface area (Å²) in [4.78, 5) is 2.75. The fraction of sp³-hybridized carbons (Fsp3) is 1.00. The Kier molecular flexibility index (Phi) is 20.0. The smallest absolute Gasteiger partial charge is 0.00187 e. The summed E-state index contributed by atoms with van der Waals surface area (Å²) in [5, 5.41) is 0. The third-order valence-electron chi connectivity index (χ3n) is 4.98. The molecule has 0 saturated heterocycles. The maximum Gasteiger partial charge on any atom is -0.00187 e. The van der Waals surface area contributed by atoms with Gasteiger partial charge in [0.15, 0.2) is 0 Å². The van der Waals surface area contributed by atoms with Gasteiger partial charge in [0.05, 0.1) is 0 Å². The van der Waals surface area contributed by atoms with Crippen LogP contribution >= 0.6 is 0 Å². The molecule has 0 amide bonds. The molecule has 0 aliphatic heterocycles. The van der Waals surface area contributed by atoms with E-state index in [1.807, 2.05) is 0 Å². The lowest BCUT2D eigenvalue weighted by Gasteiger charge is -2.22. The lowest BCUT2D eigenvalue weighted by Crippen LogP contribution is -2.27. The maximum absolute atomic E-state index is 2.75. The lowest BCUT2D eigenvalue weighted by molar-refractivity contribution is 0.255. The molecule has 0 aromatic heterocycles. The van der Waals surface area contributed by atoms with Gasteiger partial charge in [-0.15, -0.1) is 0 Å². The van der Waals surface area contributed by atoms with Crippen LogP contribution in [0.3, 0.4) is 0 Å². The van der Waals surface area contributed by atoms with E-state index in [9.17, 15) is 0 Å². The standard InChI is InChI=1S/C22H47N/c1-4-7-10-11-12-13-14-15-16-19-22-23(20-17-8-5-2)21-18-9-6-3/h4-22H2,1-3H3. The van der Waals surface area contributed by atoms with Gasteiger partial charge in [-0.25, -0.2) is 0 Å². The predicted octanol–water partition coefficient (Wildman–Crippen LogP) is 7.59. The number of nitrogens with zero attached hydrogens (tertiary/aromatic N) is 1. The number of rotatable bonds is 19. The van der Waals surface area contributed by atoms with Crippen molar-refractivity contribution in [2.24, 2.45) is 0 Å². The fourth-order valence-corrected chi connectivity index (χ4v) is 3.33. The molecular weight excluding hydrogens is 278 g/mol. The highest BCUT2D eigenvalue weighted by Crippen LogP contribution is 2.11. The average molecular weight is 326 g/mol. The fourth-order valence-electron chi connectivity index (χ4n) is 3.33. The van der Waals surface area contributed by atoms with Crippen molar-refractivity contribution in [1.82, 2.24) is 4.90 Å². The molecule has 0 spiro atoms. The van der Waals surface area contributed by atoms with E-state index < -0.39 is 0 Å². The quantitative estimate of drug-likeness (QED) is 0.221. The van der Waals surface area contributed by atoms with Crippen molar-refractivity contribution < 1.29 is 0 Å². The molecule has 0 aliphatic carbocycles. The van der Waals surface area contributed by atoms with E-state index in [0.29, 0.717) is 0 Å². The topological polar surface area (TPSA) is 3.24 Å². The van der Waals surface area contributed by atoms with Crippen molar-refractivity contribution >= 4 is 0 Å². The van der Waals surface area contributed by atoms with Gasteiger partial charge in [-0.3, -0.25) is 0 Å². The molecule has 23 heavy (non-hydrogen) atoms. The molecule has 0 aliphatic rings. The Balaban J connectivity index is 3.48. The average Bonchev–Trinajstić information content (AvgIpc) is 2.56. The minimum Gasteiger partial charge on any atom is -0.303 e. The number of hydrogen-bond acceptors (Lipinski definition) is 1. The molecule has 0 saturated carbocycles. The van der Waals surface area contributed by atoms with E-state index in [1.165, 1.54) is 122 Å². The van der Waals surface area contributed by atoms with Crippen LogP contribution in [0.2, 0.25) is 0 Å². The molecule has 0 aromatic carbocycles. The predicted molar refractivity (Wildman–Crippen MR) is 107 cm³/mol. The summed E-state index contributed by atoms with van der Waals surface area (Å²) in [5.41, 5.74) is 0. The SMILES string of the molecule is CCCCCCCCCCCCN(CCCCC)CCCCC. The third kappa shape index (κ3) is 18.1. The van der Waals surface area contributed by atoms with Gasteiger partial charge in [0.2, 0.25) is 0 Å². The van der Waals surface area contributed by atoms with Gasteiger partial charge in [0.1, 0.15) is 0 Å². The molecule has 0 rings (SSSR count). The van der Waals surface area contributed by atoms with Crippen molar-refractivity contribution in [3.05, 3.63) is 0 Å². The monoisotopic (exact) mass is 325 g/mol. The van der Waals surface area contributed by atoms with Gasteiger partial charge < -0.3 is 4.90 Å². The Labute approximate surface area is 148 Å². The number of unbranched alkanes of at least 4 members (excludes halogenated alkanes) is 13. The van der Waals surface area contributed by atoms with Crippen molar-refractivity contribution in [3.8, 4) is 0 Å². The van der Waals surface area contributed by atoms with Gasteiger partial charge >= 0.3 is 0 Å². The first-order chi connectivity index (χ1) is 11.3. The van der Waals surface area contributed by atoms with Crippen molar-refractivity contribution in [2.75, 3.05) is 19.6 Å². The van der Waals surface area contributed by atoms with Crippen molar-refractivity contribution in [1.29, 1.82) is 0 Å². The molecular formula is C22H47N. The van der Waals surface area contributed by atoms with Crippen LogP contribution in [0.5, 0.6) is 0 Å². The van der Waals surface area contributed by atoms with E-state index in [4.69, 9.17) is 0 Å². The normalized spacial score (nSPS) is 11.5. The van der Waals surface area contributed by atoms with Gasteiger partial charge in [-0.2, -0.15) is 0 Å². The zero-order valence-corrected chi connectivity index (χ0v) is 16.9. The number of hydrogen-bond donors (Lipinski definition) is 0. The van der Waals surface area contributed by atoms with E-state index in [2.05, 4.69) is 25.7 Å². The lowest BCUT2D eigenvalue weighted by atomic mass is 10.1.